The third kappa shape index (κ3) is 4.83. The van der Waals surface area contributed by atoms with Gasteiger partial charge >= 0.3 is 0 Å². The third-order valence-corrected chi connectivity index (χ3v) is 7.48. The number of nitrogens with zero attached hydrogens (tertiary/aromatic N) is 2. The summed E-state index contributed by atoms with van der Waals surface area (Å²) in [7, 11) is 0. The Kier molecular flexibility index (Phi) is 7.57. The molecule has 4 rings (SSSR count). The highest BCUT2D eigenvalue weighted by atomic mass is 35.5. The van der Waals surface area contributed by atoms with Gasteiger partial charge in [0.1, 0.15) is 6.04 Å². The fraction of sp³-hybridized carbons (Fsp3) is 0.444. The SMILES string of the molecule is CCN(CC)C(=O)c1ccc(NC(=O)C2CC3CCCCC3N2C(=O)c2ccccc2)cc1Cl. The zero-order valence-corrected chi connectivity index (χ0v) is 20.6. The number of nitrogens with one attached hydrogen (secondary N) is 1. The number of amides is 3. The maximum absolute atomic E-state index is 13.4. The van der Waals surface area contributed by atoms with Crippen molar-refractivity contribution in [1.82, 2.24) is 9.80 Å². The van der Waals surface area contributed by atoms with Crippen molar-refractivity contribution in [2.45, 2.75) is 58.0 Å². The van der Waals surface area contributed by atoms with E-state index in [0.29, 0.717) is 47.3 Å². The van der Waals surface area contributed by atoms with Gasteiger partial charge in [0, 0.05) is 30.4 Å². The number of fused-ring (bicyclic) bond motifs is 1. The van der Waals surface area contributed by atoms with Crippen molar-refractivity contribution in [1.29, 1.82) is 0 Å². The van der Waals surface area contributed by atoms with Crippen molar-refractivity contribution in [2.24, 2.45) is 5.92 Å². The number of likely N-dealkylation sites (tertiary alicyclic amines) is 1. The van der Waals surface area contributed by atoms with Gasteiger partial charge in [0.25, 0.3) is 11.8 Å². The molecule has 2 fully saturated rings. The van der Waals surface area contributed by atoms with Crippen LogP contribution in [0.4, 0.5) is 5.69 Å². The Morgan fingerprint density at radius 1 is 1.03 bits per heavy atom. The molecule has 3 atom stereocenters. The molecule has 0 spiro atoms. The quantitative estimate of drug-likeness (QED) is 0.613. The summed E-state index contributed by atoms with van der Waals surface area (Å²) in [6.45, 7) is 5.04. The van der Waals surface area contributed by atoms with E-state index < -0.39 is 6.04 Å². The van der Waals surface area contributed by atoms with Gasteiger partial charge in [-0.25, -0.2) is 0 Å². The van der Waals surface area contributed by atoms with Crippen LogP contribution in [0, 0.1) is 5.92 Å². The lowest BCUT2D eigenvalue weighted by Gasteiger charge is -2.33. The van der Waals surface area contributed by atoms with Crippen LogP contribution >= 0.6 is 11.6 Å². The zero-order chi connectivity index (χ0) is 24.2. The number of anilines is 1. The number of hydrogen-bond donors (Lipinski definition) is 1. The average molecular weight is 482 g/mol. The maximum Gasteiger partial charge on any atom is 0.255 e. The summed E-state index contributed by atoms with van der Waals surface area (Å²) in [6.07, 6.45) is 4.86. The molecular weight excluding hydrogens is 450 g/mol. The van der Waals surface area contributed by atoms with Gasteiger partial charge in [0.2, 0.25) is 5.91 Å². The molecule has 3 unspecified atom stereocenters. The van der Waals surface area contributed by atoms with E-state index in [-0.39, 0.29) is 23.8 Å². The van der Waals surface area contributed by atoms with Crippen LogP contribution in [0.15, 0.2) is 48.5 Å². The molecule has 3 amide bonds. The van der Waals surface area contributed by atoms with Crippen molar-refractivity contribution in [3.8, 4) is 0 Å². The van der Waals surface area contributed by atoms with Crippen LogP contribution in [-0.4, -0.2) is 52.7 Å². The van der Waals surface area contributed by atoms with E-state index in [1.807, 2.05) is 36.9 Å². The van der Waals surface area contributed by atoms with Crippen LogP contribution in [0.1, 0.15) is 66.7 Å². The first-order chi connectivity index (χ1) is 16.4. The lowest BCUT2D eigenvalue weighted by Crippen LogP contribution is -2.47. The normalized spacial score (nSPS) is 21.6. The summed E-state index contributed by atoms with van der Waals surface area (Å²) in [5.41, 5.74) is 1.54. The molecule has 1 aliphatic carbocycles. The molecular formula is C27H32ClN3O3. The third-order valence-electron chi connectivity index (χ3n) is 7.16. The van der Waals surface area contributed by atoms with Gasteiger partial charge in [-0.3, -0.25) is 14.4 Å². The fourth-order valence-corrected chi connectivity index (χ4v) is 5.65. The molecule has 1 heterocycles. The fourth-order valence-electron chi connectivity index (χ4n) is 5.39. The summed E-state index contributed by atoms with van der Waals surface area (Å²) in [4.78, 5) is 43.1. The second kappa shape index (κ2) is 10.6. The largest absolute Gasteiger partial charge is 0.339 e. The molecule has 180 valence electrons. The molecule has 6 nitrogen and oxygen atoms in total. The van der Waals surface area contributed by atoms with E-state index in [4.69, 9.17) is 11.6 Å². The van der Waals surface area contributed by atoms with Gasteiger partial charge in [-0.1, -0.05) is 42.6 Å². The van der Waals surface area contributed by atoms with E-state index in [2.05, 4.69) is 5.32 Å². The summed E-state index contributed by atoms with van der Waals surface area (Å²) in [5.74, 6) is -0.0897. The van der Waals surface area contributed by atoms with E-state index >= 15 is 0 Å². The van der Waals surface area contributed by atoms with E-state index in [9.17, 15) is 14.4 Å². The van der Waals surface area contributed by atoms with Crippen LogP contribution in [0.3, 0.4) is 0 Å². The molecule has 1 saturated heterocycles. The van der Waals surface area contributed by atoms with Crippen LogP contribution in [-0.2, 0) is 4.79 Å². The molecule has 2 aliphatic rings. The second-order valence-corrected chi connectivity index (χ2v) is 9.51. The topological polar surface area (TPSA) is 69.7 Å². The predicted molar refractivity (Wildman–Crippen MR) is 134 cm³/mol. The molecule has 0 bridgehead atoms. The van der Waals surface area contributed by atoms with E-state index in [1.165, 1.54) is 0 Å². The lowest BCUT2D eigenvalue weighted by atomic mass is 9.84. The summed E-state index contributed by atoms with van der Waals surface area (Å²) in [6, 6.07) is 13.7. The summed E-state index contributed by atoms with van der Waals surface area (Å²) < 4.78 is 0. The Morgan fingerprint density at radius 2 is 1.74 bits per heavy atom. The first-order valence-corrected chi connectivity index (χ1v) is 12.6. The van der Waals surface area contributed by atoms with E-state index in [0.717, 1.165) is 25.7 Å². The Labute approximate surface area is 206 Å². The standard InChI is InChI=1S/C27H32ClN3O3/c1-3-30(4-2)27(34)21-15-14-20(17-22(21)28)29-25(32)24-16-19-12-8-9-13-23(19)31(24)26(33)18-10-6-5-7-11-18/h5-7,10-11,14-15,17,19,23-24H,3-4,8-9,12-13,16H2,1-2H3,(H,29,32). The molecule has 0 radical (unpaired) electrons. The Morgan fingerprint density at radius 3 is 2.41 bits per heavy atom. The first-order valence-electron chi connectivity index (χ1n) is 12.2. The Bertz CT molecular complexity index is 1050. The van der Waals surface area contributed by atoms with Gasteiger partial charge in [0.15, 0.2) is 0 Å². The highest BCUT2D eigenvalue weighted by Crippen LogP contribution is 2.41. The minimum absolute atomic E-state index is 0.0895. The molecule has 2 aromatic carbocycles. The number of carbonyl (C=O) groups excluding carboxylic acids is 3. The molecule has 1 N–H and O–H groups in total. The Hall–Kier alpha value is -2.86. The maximum atomic E-state index is 13.4. The van der Waals surface area contributed by atoms with Crippen molar-refractivity contribution < 1.29 is 14.4 Å². The number of hydrogen-bond acceptors (Lipinski definition) is 3. The molecule has 7 heteroatoms. The highest BCUT2D eigenvalue weighted by molar-refractivity contribution is 6.34. The van der Waals surface area contributed by atoms with E-state index in [1.54, 1.807) is 35.2 Å². The molecule has 34 heavy (non-hydrogen) atoms. The van der Waals surface area contributed by atoms with Crippen molar-refractivity contribution in [3.63, 3.8) is 0 Å². The van der Waals surface area contributed by atoms with Crippen molar-refractivity contribution >= 4 is 35.0 Å². The van der Waals surface area contributed by atoms with Gasteiger partial charge in [-0.2, -0.15) is 0 Å². The monoisotopic (exact) mass is 481 g/mol. The second-order valence-electron chi connectivity index (χ2n) is 9.10. The molecule has 0 aromatic heterocycles. The minimum Gasteiger partial charge on any atom is -0.339 e. The zero-order valence-electron chi connectivity index (χ0n) is 19.8. The average Bonchev–Trinajstić information content (AvgIpc) is 3.24. The van der Waals surface area contributed by atoms with Crippen molar-refractivity contribution in [2.75, 3.05) is 18.4 Å². The molecule has 2 aromatic rings. The van der Waals surface area contributed by atoms with Gasteiger partial charge in [-0.15, -0.1) is 0 Å². The van der Waals surface area contributed by atoms with Gasteiger partial charge in [-0.05, 0) is 69.4 Å². The number of halogens is 1. The van der Waals surface area contributed by atoms with Crippen molar-refractivity contribution in [3.05, 3.63) is 64.7 Å². The Balaban J connectivity index is 1.54. The van der Waals surface area contributed by atoms with Gasteiger partial charge in [0.05, 0.1) is 10.6 Å². The smallest absolute Gasteiger partial charge is 0.255 e. The lowest BCUT2D eigenvalue weighted by molar-refractivity contribution is -0.120. The number of carbonyl (C=O) groups is 3. The number of benzene rings is 2. The first kappa shape index (κ1) is 24.3. The minimum atomic E-state index is -0.531. The van der Waals surface area contributed by atoms with Gasteiger partial charge < -0.3 is 15.1 Å². The van der Waals surface area contributed by atoms with Crippen LogP contribution in [0.25, 0.3) is 0 Å². The van der Waals surface area contributed by atoms with Crippen LogP contribution in [0.2, 0.25) is 5.02 Å². The highest BCUT2D eigenvalue weighted by Gasteiger charge is 2.47. The van der Waals surface area contributed by atoms with Crippen LogP contribution in [0.5, 0.6) is 0 Å². The molecule has 1 saturated carbocycles. The number of rotatable bonds is 6. The summed E-state index contributed by atoms with van der Waals surface area (Å²) in [5, 5.41) is 3.25. The van der Waals surface area contributed by atoms with Crippen LogP contribution < -0.4 is 5.32 Å². The summed E-state index contributed by atoms with van der Waals surface area (Å²) >= 11 is 6.42. The predicted octanol–water partition coefficient (Wildman–Crippen LogP) is 5.23. The molecule has 1 aliphatic heterocycles.